The zero-order valence-corrected chi connectivity index (χ0v) is 20.3. The van der Waals surface area contributed by atoms with E-state index in [1.165, 1.54) is 30.6 Å². The average Bonchev–Trinajstić information content (AvgIpc) is 3.39. The lowest BCUT2D eigenvalue weighted by atomic mass is 10.1. The molecule has 0 radical (unpaired) electrons. The molecule has 0 saturated carbocycles. The van der Waals surface area contributed by atoms with Crippen LogP contribution in [0.4, 0.5) is 9.52 Å². The second kappa shape index (κ2) is 9.79. The van der Waals surface area contributed by atoms with Gasteiger partial charge < -0.3 is 14.6 Å². The predicted molar refractivity (Wildman–Crippen MR) is 131 cm³/mol. The number of methoxy groups -OCH3 is 1. The van der Waals surface area contributed by atoms with Gasteiger partial charge in [0.05, 0.1) is 24.8 Å². The lowest BCUT2D eigenvalue weighted by Crippen LogP contribution is -2.15. The number of nitrogens with zero attached hydrogens (tertiary/aromatic N) is 2. The predicted octanol–water partition coefficient (Wildman–Crippen LogP) is 5.98. The third kappa shape index (κ3) is 4.73. The molecule has 0 atom stereocenters. The maximum Gasteiger partial charge on any atom is 0.337 e. The molecule has 0 bridgehead atoms. The number of carbonyl (C=O) groups excluding carboxylic acids is 2. The smallest absolute Gasteiger partial charge is 0.337 e. The summed E-state index contributed by atoms with van der Waals surface area (Å²) in [6.45, 7) is 3.96. The summed E-state index contributed by atoms with van der Waals surface area (Å²) in [4.78, 5) is 28.7. The van der Waals surface area contributed by atoms with E-state index >= 15 is 0 Å². The molecule has 34 heavy (non-hydrogen) atoms. The fraction of sp³-hybridized carbons (Fsp3) is 0.160. The van der Waals surface area contributed by atoms with Crippen LogP contribution in [-0.2, 0) is 16.0 Å². The van der Waals surface area contributed by atoms with E-state index in [9.17, 15) is 14.0 Å². The van der Waals surface area contributed by atoms with E-state index in [0.717, 1.165) is 28.3 Å². The summed E-state index contributed by atoms with van der Waals surface area (Å²) in [5, 5.41) is 5.21. The summed E-state index contributed by atoms with van der Waals surface area (Å²) >= 11 is 7.31. The summed E-state index contributed by atoms with van der Waals surface area (Å²) in [6.07, 6.45) is -0.184. The molecule has 2 aromatic carbocycles. The molecule has 0 aliphatic rings. The van der Waals surface area contributed by atoms with Crippen LogP contribution in [0.5, 0.6) is 0 Å². The number of hydrogen-bond donors (Lipinski definition) is 1. The van der Waals surface area contributed by atoms with Crippen LogP contribution < -0.4 is 5.32 Å². The van der Waals surface area contributed by atoms with E-state index in [-0.39, 0.29) is 23.0 Å². The van der Waals surface area contributed by atoms with Crippen molar-refractivity contribution in [1.82, 2.24) is 9.55 Å². The molecule has 4 rings (SSSR count). The van der Waals surface area contributed by atoms with Crippen LogP contribution in [0.15, 0.2) is 53.9 Å². The number of esters is 1. The van der Waals surface area contributed by atoms with E-state index in [1.54, 1.807) is 18.2 Å². The Kier molecular flexibility index (Phi) is 6.81. The van der Waals surface area contributed by atoms with Gasteiger partial charge in [-0.2, -0.15) is 0 Å². The average molecular weight is 498 g/mol. The molecular weight excluding hydrogens is 477 g/mol. The Bertz CT molecular complexity index is 1360. The van der Waals surface area contributed by atoms with E-state index in [0.29, 0.717) is 10.7 Å². The summed E-state index contributed by atoms with van der Waals surface area (Å²) in [6, 6.07) is 13.5. The molecule has 0 spiro atoms. The number of benzene rings is 2. The van der Waals surface area contributed by atoms with Crippen molar-refractivity contribution in [3.8, 4) is 16.9 Å². The van der Waals surface area contributed by atoms with Gasteiger partial charge in [-0.1, -0.05) is 17.7 Å². The van der Waals surface area contributed by atoms with Crippen molar-refractivity contribution < 1.29 is 18.7 Å². The number of halogens is 2. The van der Waals surface area contributed by atoms with E-state index in [4.69, 9.17) is 16.3 Å². The molecule has 0 saturated heterocycles. The van der Waals surface area contributed by atoms with Crippen LogP contribution in [0.2, 0.25) is 5.02 Å². The lowest BCUT2D eigenvalue weighted by Gasteiger charge is -2.10. The van der Waals surface area contributed by atoms with Crippen molar-refractivity contribution in [2.75, 3.05) is 12.4 Å². The molecule has 174 valence electrons. The minimum Gasteiger partial charge on any atom is -0.465 e. The molecule has 2 heterocycles. The number of amides is 1. The second-order valence-corrected chi connectivity index (χ2v) is 8.89. The number of aromatic nitrogens is 2. The third-order valence-electron chi connectivity index (χ3n) is 5.40. The van der Waals surface area contributed by atoms with Gasteiger partial charge in [-0.25, -0.2) is 14.2 Å². The lowest BCUT2D eigenvalue weighted by molar-refractivity contribution is -0.115. The number of thiazole rings is 1. The van der Waals surface area contributed by atoms with Crippen LogP contribution in [0.3, 0.4) is 0 Å². The number of ether oxygens (including phenoxy) is 1. The molecule has 9 heteroatoms. The fourth-order valence-corrected chi connectivity index (χ4v) is 4.72. The number of rotatable bonds is 6. The Morgan fingerprint density at radius 3 is 2.59 bits per heavy atom. The molecule has 4 aromatic rings. The highest BCUT2D eigenvalue weighted by Crippen LogP contribution is 2.32. The fourth-order valence-electron chi connectivity index (χ4n) is 3.76. The summed E-state index contributed by atoms with van der Waals surface area (Å²) in [7, 11) is 1.35. The van der Waals surface area contributed by atoms with Gasteiger partial charge in [-0.15, -0.1) is 11.3 Å². The van der Waals surface area contributed by atoms with Crippen molar-refractivity contribution in [3.05, 3.63) is 87.3 Å². The van der Waals surface area contributed by atoms with Gasteiger partial charge >= 0.3 is 5.97 Å². The summed E-state index contributed by atoms with van der Waals surface area (Å²) < 4.78 is 20.8. The minimum atomic E-state index is -0.519. The van der Waals surface area contributed by atoms with Crippen molar-refractivity contribution in [2.24, 2.45) is 0 Å². The highest BCUT2D eigenvalue weighted by Gasteiger charge is 2.17. The minimum absolute atomic E-state index is 0.153. The number of nitrogens with one attached hydrogen (secondary N) is 1. The van der Waals surface area contributed by atoms with Crippen molar-refractivity contribution in [3.63, 3.8) is 0 Å². The van der Waals surface area contributed by atoms with Crippen LogP contribution in [0.1, 0.15) is 27.3 Å². The van der Waals surface area contributed by atoms with Gasteiger partial charge in [0.25, 0.3) is 0 Å². The van der Waals surface area contributed by atoms with Crippen molar-refractivity contribution in [1.29, 1.82) is 0 Å². The van der Waals surface area contributed by atoms with Gasteiger partial charge in [0.2, 0.25) is 5.91 Å². The molecule has 0 aliphatic heterocycles. The first-order chi connectivity index (χ1) is 16.3. The standard InChI is InChI=1S/C25H21ClFN3O3S/c1-14-11-18(15(2)30(14)17-9-7-16(8-10-17)24(32)33-3)22-13-34-25(28-22)29-23(31)12-19-20(26)5-4-6-21(19)27/h4-11,13H,12H2,1-3H3,(H,28,29,31). The molecule has 1 amide bonds. The Morgan fingerprint density at radius 1 is 1.18 bits per heavy atom. The van der Waals surface area contributed by atoms with Crippen LogP contribution in [-0.4, -0.2) is 28.5 Å². The Labute approximate surface area is 205 Å². The Balaban J connectivity index is 1.54. The molecule has 2 aromatic heterocycles. The van der Waals surface area contributed by atoms with E-state index < -0.39 is 11.7 Å². The first-order valence-electron chi connectivity index (χ1n) is 10.3. The first-order valence-corrected chi connectivity index (χ1v) is 11.6. The van der Waals surface area contributed by atoms with Gasteiger partial charge in [0.1, 0.15) is 5.82 Å². The number of aryl methyl sites for hydroxylation is 1. The molecule has 0 aliphatic carbocycles. The van der Waals surface area contributed by atoms with Crippen molar-refractivity contribution >= 4 is 39.9 Å². The van der Waals surface area contributed by atoms with E-state index in [2.05, 4.69) is 14.9 Å². The van der Waals surface area contributed by atoms with Crippen molar-refractivity contribution in [2.45, 2.75) is 20.3 Å². The zero-order chi connectivity index (χ0) is 24.4. The highest BCUT2D eigenvalue weighted by molar-refractivity contribution is 7.14. The maximum atomic E-state index is 14.0. The Hall–Kier alpha value is -3.49. The van der Waals surface area contributed by atoms with Gasteiger partial charge in [-0.05, 0) is 56.3 Å². The summed E-state index contributed by atoms with van der Waals surface area (Å²) in [5.41, 5.74) is 5.12. The third-order valence-corrected chi connectivity index (χ3v) is 6.52. The molecule has 1 N–H and O–H groups in total. The Morgan fingerprint density at radius 2 is 1.91 bits per heavy atom. The highest BCUT2D eigenvalue weighted by atomic mass is 35.5. The largest absolute Gasteiger partial charge is 0.465 e. The monoisotopic (exact) mass is 497 g/mol. The molecule has 0 unspecified atom stereocenters. The number of carbonyl (C=O) groups is 2. The normalized spacial score (nSPS) is 10.9. The zero-order valence-electron chi connectivity index (χ0n) is 18.7. The quantitative estimate of drug-likeness (QED) is 0.333. The van der Waals surface area contributed by atoms with Crippen LogP contribution >= 0.6 is 22.9 Å². The SMILES string of the molecule is COC(=O)c1ccc(-n2c(C)cc(-c3csc(NC(=O)Cc4c(F)cccc4Cl)n3)c2C)cc1. The van der Waals surface area contributed by atoms with Crippen LogP contribution in [0.25, 0.3) is 16.9 Å². The first kappa shape index (κ1) is 23.7. The number of hydrogen-bond acceptors (Lipinski definition) is 5. The molecule has 0 fully saturated rings. The van der Waals surface area contributed by atoms with Gasteiger partial charge in [0.15, 0.2) is 5.13 Å². The van der Waals surface area contributed by atoms with Crippen LogP contribution in [0, 0.1) is 19.7 Å². The van der Waals surface area contributed by atoms with Gasteiger partial charge in [0, 0.05) is 38.6 Å². The van der Waals surface area contributed by atoms with Gasteiger partial charge in [-0.3, -0.25) is 4.79 Å². The molecule has 6 nitrogen and oxygen atoms in total. The molecular formula is C25H21ClFN3O3S. The van der Waals surface area contributed by atoms with E-state index in [1.807, 2.05) is 37.4 Å². The number of anilines is 1. The maximum absolute atomic E-state index is 14.0. The topological polar surface area (TPSA) is 73.2 Å². The summed E-state index contributed by atoms with van der Waals surface area (Å²) in [5.74, 6) is -1.30. The second-order valence-electron chi connectivity index (χ2n) is 7.62.